The molecule has 0 spiro atoms. The molecular formula is C27H23NO3. The second-order valence-corrected chi connectivity index (χ2v) is 7.26. The molecule has 3 aromatic carbocycles. The van der Waals surface area contributed by atoms with Gasteiger partial charge in [0.15, 0.2) is 0 Å². The highest BCUT2D eigenvalue weighted by molar-refractivity contribution is 6.23. The first kappa shape index (κ1) is 20.4. The Balaban J connectivity index is 1.73. The Hall–Kier alpha value is -3.92. The number of ether oxygens (including phenoxy) is 1. The van der Waals surface area contributed by atoms with Crippen molar-refractivity contribution in [1.29, 1.82) is 0 Å². The van der Waals surface area contributed by atoms with Gasteiger partial charge in [0.25, 0.3) is 5.91 Å². The molecule has 0 atom stereocenters. The quantitative estimate of drug-likeness (QED) is 0.404. The maximum absolute atomic E-state index is 13.4. The monoisotopic (exact) mass is 409 g/mol. The van der Waals surface area contributed by atoms with Crippen molar-refractivity contribution in [1.82, 2.24) is 0 Å². The molecule has 0 fully saturated rings. The van der Waals surface area contributed by atoms with Crippen molar-refractivity contribution in [3.05, 3.63) is 113 Å². The van der Waals surface area contributed by atoms with E-state index in [1.54, 1.807) is 24.0 Å². The number of carbonyl (C=O) groups is 2. The average molecular weight is 409 g/mol. The van der Waals surface area contributed by atoms with Crippen LogP contribution < -0.4 is 4.90 Å². The molecule has 3 aromatic rings. The molecule has 4 rings (SSSR count). The van der Waals surface area contributed by atoms with Crippen molar-refractivity contribution in [3.63, 3.8) is 0 Å². The molecule has 0 radical (unpaired) electrons. The Morgan fingerprint density at radius 2 is 1.61 bits per heavy atom. The average Bonchev–Trinajstić information content (AvgIpc) is 3.11. The minimum atomic E-state index is -0.351. The van der Waals surface area contributed by atoms with Gasteiger partial charge in [-0.1, -0.05) is 60.7 Å². The van der Waals surface area contributed by atoms with Gasteiger partial charge in [-0.25, -0.2) is 4.79 Å². The van der Waals surface area contributed by atoms with Crippen molar-refractivity contribution < 1.29 is 14.3 Å². The number of nitrogens with zero attached hydrogens (tertiary/aromatic N) is 1. The van der Waals surface area contributed by atoms with E-state index in [1.807, 2.05) is 85.8 Å². The van der Waals surface area contributed by atoms with E-state index in [-0.39, 0.29) is 11.9 Å². The molecule has 0 aliphatic carbocycles. The van der Waals surface area contributed by atoms with Crippen molar-refractivity contribution >= 4 is 29.3 Å². The van der Waals surface area contributed by atoms with Crippen LogP contribution >= 0.6 is 0 Å². The van der Waals surface area contributed by atoms with E-state index in [0.717, 1.165) is 28.1 Å². The number of para-hydroxylation sites is 1. The zero-order valence-corrected chi connectivity index (χ0v) is 17.5. The van der Waals surface area contributed by atoms with Gasteiger partial charge in [0.1, 0.15) is 0 Å². The van der Waals surface area contributed by atoms with Crippen LogP contribution in [-0.2, 0) is 9.53 Å². The third-order valence-electron chi connectivity index (χ3n) is 5.15. The number of anilines is 1. The van der Waals surface area contributed by atoms with Gasteiger partial charge >= 0.3 is 5.97 Å². The SMILES string of the molecule is CCOC(=O)c1ccc(/C=C2/C=C(c3ccccc3)N(c3ccccc3C)C2=O)cc1. The lowest BCUT2D eigenvalue weighted by Gasteiger charge is -2.22. The van der Waals surface area contributed by atoms with E-state index in [1.165, 1.54) is 0 Å². The molecular weight excluding hydrogens is 386 g/mol. The largest absolute Gasteiger partial charge is 0.462 e. The molecule has 0 saturated carbocycles. The van der Waals surface area contributed by atoms with Gasteiger partial charge in [0, 0.05) is 5.57 Å². The van der Waals surface area contributed by atoms with Gasteiger partial charge in [0.05, 0.1) is 23.6 Å². The fraction of sp³-hybridized carbons (Fsp3) is 0.111. The summed E-state index contributed by atoms with van der Waals surface area (Å²) in [5.74, 6) is -0.432. The van der Waals surface area contributed by atoms with Crippen LogP contribution in [0.3, 0.4) is 0 Å². The van der Waals surface area contributed by atoms with Crippen molar-refractivity contribution in [2.75, 3.05) is 11.5 Å². The van der Waals surface area contributed by atoms with Crippen LogP contribution in [0.5, 0.6) is 0 Å². The summed E-state index contributed by atoms with van der Waals surface area (Å²) in [4.78, 5) is 27.1. The maximum atomic E-state index is 13.4. The molecule has 0 saturated heterocycles. The Morgan fingerprint density at radius 1 is 0.935 bits per heavy atom. The topological polar surface area (TPSA) is 46.6 Å². The first-order chi connectivity index (χ1) is 15.1. The van der Waals surface area contributed by atoms with Gasteiger partial charge in [0.2, 0.25) is 0 Å². The van der Waals surface area contributed by atoms with Gasteiger partial charge in [-0.05, 0) is 60.9 Å². The highest BCUT2D eigenvalue weighted by atomic mass is 16.5. The first-order valence-corrected chi connectivity index (χ1v) is 10.2. The number of carbonyl (C=O) groups excluding carboxylic acids is 2. The number of aryl methyl sites for hydroxylation is 1. The molecule has 0 N–H and O–H groups in total. The highest BCUT2D eigenvalue weighted by Crippen LogP contribution is 2.36. The molecule has 1 amide bonds. The minimum absolute atomic E-state index is 0.0809. The molecule has 0 aromatic heterocycles. The predicted molar refractivity (Wildman–Crippen MR) is 123 cm³/mol. The highest BCUT2D eigenvalue weighted by Gasteiger charge is 2.31. The number of benzene rings is 3. The van der Waals surface area contributed by atoms with Gasteiger partial charge < -0.3 is 4.74 Å². The predicted octanol–water partition coefficient (Wildman–Crippen LogP) is 5.64. The summed E-state index contributed by atoms with van der Waals surface area (Å²) in [5.41, 5.74) is 5.62. The molecule has 1 heterocycles. The van der Waals surface area contributed by atoms with Gasteiger partial charge in [-0.3, -0.25) is 9.69 Å². The number of hydrogen-bond acceptors (Lipinski definition) is 3. The summed E-state index contributed by atoms with van der Waals surface area (Å²) in [6.45, 7) is 4.11. The van der Waals surface area contributed by atoms with Gasteiger partial charge in [-0.2, -0.15) is 0 Å². The molecule has 0 unspecified atom stereocenters. The maximum Gasteiger partial charge on any atom is 0.338 e. The van der Waals surface area contributed by atoms with E-state index < -0.39 is 0 Å². The third kappa shape index (κ3) is 4.19. The van der Waals surface area contributed by atoms with Crippen LogP contribution in [0.2, 0.25) is 0 Å². The van der Waals surface area contributed by atoms with Crippen LogP contribution in [0.25, 0.3) is 11.8 Å². The molecule has 154 valence electrons. The number of rotatable bonds is 5. The van der Waals surface area contributed by atoms with Crippen molar-refractivity contribution in [2.45, 2.75) is 13.8 Å². The first-order valence-electron chi connectivity index (χ1n) is 10.2. The number of amides is 1. The molecule has 4 nitrogen and oxygen atoms in total. The molecule has 4 heteroatoms. The van der Waals surface area contributed by atoms with E-state index in [2.05, 4.69) is 0 Å². The smallest absolute Gasteiger partial charge is 0.338 e. The second kappa shape index (κ2) is 8.84. The number of hydrogen-bond donors (Lipinski definition) is 0. The van der Waals surface area contributed by atoms with E-state index in [9.17, 15) is 9.59 Å². The molecule has 0 bridgehead atoms. The molecule has 31 heavy (non-hydrogen) atoms. The Morgan fingerprint density at radius 3 is 2.29 bits per heavy atom. The zero-order chi connectivity index (χ0) is 21.8. The summed E-state index contributed by atoms with van der Waals surface area (Å²) >= 11 is 0. The van der Waals surface area contributed by atoms with Crippen LogP contribution in [0, 0.1) is 6.92 Å². The zero-order valence-electron chi connectivity index (χ0n) is 17.5. The Labute approximate surface area is 182 Å². The summed E-state index contributed by atoms with van der Waals surface area (Å²) in [6, 6.07) is 24.8. The van der Waals surface area contributed by atoms with Crippen LogP contribution in [0.4, 0.5) is 5.69 Å². The Bertz CT molecular complexity index is 1170. The number of esters is 1. The van der Waals surface area contributed by atoms with E-state index in [0.29, 0.717) is 17.7 Å². The van der Waals surface area contributed by atoms with Crippen LogP contribution in [-0.4, -0.2) is 18.5 Å². The molecule has 1 aliphatic rings. The van der Waals surface area contributed by atoms with Crippen molar-refractivity contribution in [2.24, 2.45) is 0 Å². The Kier molecular flexibility index (Phi) is 5.80. The standard InChI is InChI=1S/C27H23NO3/c1-3-31-27(30)22-15-13-20(14-16-22)17-23-18-25(21-10-5-4-6-11-21)28(26(23)29)24-12-8-7-9-19(24)2/h4-18H,3H2,1-2H3/b23-17-. The molecule has 1 aliphatic heterocycles. The van der Waals surface area contributed by atoms with E-state index in [4.69, 9.17) is 4.74 Å². The lowest BCUT2D eigenvalue weighted by molar-refractivity contribution is -0.113. The lowest BCUT2D eigenvalue weighted by Crippen LogP contribution is -2.25. The summed E-state index contributed by atoms with van der Waals surface area (Å²) < 4.78 is 5.03. The van der Waals surface area contributed by atoms with E-state index >= 15 is 0 Å². The van der Waals surface area contributed by atoms with Crippen LogP contribution in [0.1, 0.15) is 34.0 Å². The fourth-order valence-corrected chi connectivity index (χ4v) is 3.60. The van der Waals surface area contributed by atoms with Crippen LogP contribution in [0.15, 0.2) is 90.5 Å². The fourth-order valence-electron chi connectivity index (χ4n) is 3.60. The second-order valence-electron chi connectivity index (χ2n) is 7.26. The van der Waals surface area contributed by atoms with Gasteiger partial charge in [-0.15, -0.1) is 0 Å². The summed E-state index contributed by atoms with van der Waals surface area (Å²) in [5, 5.41) is 0. The summed E-state index contributed by atoms with van der Waals surface area (Å²) in [7, 11) is 0. The normalized spacial score (nSPS) is 14.6. The third-order valence-corrected chi connectivity index (χ3v) is 5.15. The summed E-state index contributed by atoms with van der Waals surface area (Å²) in [6.07, 6.45) is 3.77. The van der Waals surface area contributed by atoms with Crippen molar-refractivity contribution in [3.8, 4) is 0 Å². The lowest BCUT2D eigenvalue weighted by atomic mass is 10.1. The minimum Gasteiger partial charge on any atom is -0.462 e.